The van der Waals surface area contributed by atoms with Gasteiger partial charge >= 0.3 is 12.5 Å². The van der Waals surface area contributed by atoms with E-state index in [0.29, 0.717) is 36.9 Å². The molecule has 0 bridgehead atoms. The molecule has 0 saturated carbocycles. The third-order valence-electron chi connectivity index (χ3n) is 7.00. The van der Waals surface area contributed by atoms with Gasteiger partial charge in [0.25, 0.3) is 0 Å². The third kappa shape index (κ3) is 5.82. The van der Waals surface area contributed by atoms with Crippen molar-refractivity contribution in [3.8, 4) is 17.0 Å². The van der Waals surface area contributed by atoms with Crippen LogP contribution in [0.5, 0.6) is 5.75 Å². The highest BCUT2D eigenvalue weighted by Gasteiger charge is 2.44. The second-order valence-corrected chi connectivity index (χ2v) is 12.6. The molecule has 2 aromatic rings. The Balaban J connectivity index is 1.61. The average Bonchev–Trinajstić information content (AvgIpc) is 3.33. The second kappa shape index (κ2) is 9.97. The number of rotatable bonds is 9. The van der Waals surface area contributed by atoms with Gasteiger partial charge < -0.3 is 14.8 Å². The fourth-order valence-electron chi connectivity index (χ4n) is 5.22. The monoisotopic (exact) mass is 546 g/mol. The standard InChI is InChI=1S/C24H30F4N4O4S/c1-14(2)32-20-9-15(19(12-33)30-23(3)6-7-37(34,35)13-23)4-5-18(20)21(31-32)16-8-17(11-29-10-16)36-24(27,28)22(25)26/h8,10-12,14-15,19,22,30H,4-7,9,13H2,1-3H3/t15-,19?,23+/m1/s1. The molecule has 1 fully saturated rings. The van der Waals surface area contributed by atoms with Crippen molar-refractivity contribution >= 4 is 16.1 Å². The molecule has 2 aliphatic rings. The number of nitrogens with zero attached hydrogens (tertiary/aromatic N) is 3. The van der Waals surface area contributed by atoms with E-state index in [2.05, 4.69) is 20.1 Å². The van der Waals surface area contributed by atoms with Crippen LogP contribution in [-0.4, -0.2) is 65.1 Å². The summed E-state index contributed by atoms with van der Waals surface area (Å²) in [5.41, 5.74) is 1.91. The maximum atomic E-state index is 13.4. The number of halogens is 4. The van der Waals surface area contributed by atoms with Gasteiger partial charge in [0.2, 0.25) is 0 Å². The molecule has 204 valence electrons. The molecule has 2 aromatic heterocycles. The minimum absolute atomic E-state index is 0.0214. The highest BCUT2D eigenvalue weighted by molar-refractivity contribution is 7.91. The topological polar surface area (TPSA) is 103 Å². The van der Waals surface area contributed by atoms with Crippen molar-refractivity contribution in [2.45, 2.75) is 76.6 Å². The SMILES string of the molecule is CC(C)n1nc(-c2cncc(OC(F)(F)C(F)F)c2)c2c1C[C@H](C(C=O)N[C@@]1(C)CCS(=O)(=O)C1)CC2. The van der Waals surface area contributed by atoms with Gasteiger partial charge in [0.15, 0.2) is 9.84 Å². The Labute approximate surface area is 212 Å². The van der Waals surface area contributed by atoms with Crippen molar-refractivity contribution in [2.75, 3.05) is 11.5 Å². The molecule has 4 rings (SSSR count). The summed E-state index contributed by atoms with van der Waals surface area (Å²) in [7, 11) is -3.15. The van der Waals surface area contributed by atoms with Gasteiger partial charge in [0, 0.05) is 34.6 Å². The zero-order valence-corrected chi connectivity index (χ0v) is 21.6. The molecule has 1 aliphatic heterocycles. The molecule has 8 nitrogen and oxygen atoms in total. The summed E-state index contributed by atoms with van der Waals surface area (Å²) in [5, 5.41) is 7.98. The van der Waals surface area contributed by atoms with Crippen LogP contribution in [0.2, 0.25) is 0 Å². The van der Waals surface area contributed by atoms with Crippen LogP contribution < -0.4 is 10.1 Å². The fraction of sp³-hybridized carbons (Fsp3) is 0.625. The summed E-state index contributed by atoms with van der Waals surface area (Å²) in [4.78, 5) is 16.0. The number of fused-ring (bicyclic) bond motifs is 1. The molecule has 1 unspecified atom stereocenters. The number of carbonyl (C=O) groups is 1. The lowest BCUT2D eigenvalue weighted by atomic mass is 9.81. The molecule has 1 saturated heterocycles. The van der Waals surface area contributed by atoms with Gasteiger partial charge in [-0.15, -0.1) is 0 Å². The van der Waals surface area contributed by atoms with E-state index in [4.69, 9.17) is 0 Å². The third-order valence-corrected chi connectivity index (χ3v) is 8.90. The molecule has 3 heterocycles. The van der Waals surface area contributed by atoms with E-state index in [1.165, 1.54) is 12.3 Å². The Morgan fingerprint density at radius 2 is 2.03 bits per heavy atom. The smallest absolute Gasteiger partial charge is 0.427 e. The molecule has 0 radical (unpaired) electrons. The van der Waals surface area contributed by atoms with Gasteiger partial charge in [-0.1, -0.05) is 0 Å². The van der Waals surface area contributed by atoms with Crippen LogP contribution in [0.25, 0.3) is 11.3 Å². The van der Waals surface area contributed by atoms with Crippen molar-refractivity contribution in [2.24, 2.45) is 5.92 Å². The Morgan fingerprint density at radius 3 is 2.62 bits per heavy atom. The first-order valence-corrected chi connectivity index (χ1v) is 13.9. The predicted molar refractivity (Wildman–Crippen MR) is 128 cm³/mol. The molecule has 37 heavy (non-hydrogen) atoms. The van der Waals surface area contributed by atoms with Crippen molar-refractivity contribution in [1.82, 2.24) is 20.1 Å². The minimum atomic E-state index is -4.66. The maximum absolute atomic E-state index is 13.4. The van der Waals surface area contributed by atoms with Gasteiger partial charge in [-0.25, -0.2) is 8.42 Å². The molecule has 0 aromatic carbocycles. The van der Waals surface area contributed by atoms with Crippen molar-refractivity contribution < 1.29 is 35.5 Å². The Morgan fingerprint density at radius 1 is 1.30 bits per heavy atom. The van der Waals surface area contributed by atoms with Crippen molar-refractivity contribution in [3.05, 3.63) is 29.7 Å². The number of nitrogens with one attached hydrogen (secondary N) is 1. The van der Waals surface area contributed by atoms with Crippen LogP contribution in [0.1, 0.15) is 50.9 Å². The summed E-state index contributed by atoms with van der Waals surface area (Å²) in [6.07, 6.45) is -3.42. The highest BCUT2D eigenvalue weighted by Crippen LogP contribution is 2.38. The fourth-order valence-corrected chi connectivity index (χ4v) is 7.33. The van der Waals surface area contributed by atoms with Gasteiger partial charge in [0.1, 0.15) is 12.0 Å². The second-order valence-electron chi connectivity index (χ2n) is 10.4. The van der Waals surface area contributed by atoms with E-state index in [9.17, 15) is 30.8 Å². The van der Waals surface area contributed by atoms with Gasteiger partial charge in [0.05, 0.1) is 29.4 Å². The van der Waals surface area contributed by atoms with Gasteiger partial charge in [-0.05, 0) is 58.4 Å². The van der Waals surface area contributed by atoms with Crippen LogP contribution in [-0.2, 0) is 27.5 Å². The first-order chi connectivity index (χ1) is 17.2. The molecule has 3 atom stereocenters. The zero-order valence-electron chi connectivity index (χ0n) is 20.8. The first-order valence-electron chi connectivity index (χ1n) is 12.1. The lowest BCUT2D eigenvalue weighted by Crippen LogP contribution is -2.53. The summed E-state index contributed by atoms with van der Waals surface area (Å²) >= 11 is 0. The number of carbonyl (C=O) groups excluding carboxylic acids is 1. The van der Waals surface area contributed by atoms with E-state index in [1.807, 2.05) is 25.5 Å². The van der Waals surface area contributed by atoms with E-state index in [0.717, 1.165) is 23.7 Å². The zero-order chi connectivity index (χ0) is 27.2. The Hall–Kier alpha value is -2.54. The van der Waals surface area contributed by atoms with E-state index < -0.39 is 39.7 Å². The first kappa shape index (κ1) is 27.5. The highest BCUT2D eigenvalue weighted by atomic mass is 32.2. The number of pyridine rings is 1. The Bertz CT molecular complexity index is 1270. The van der Waals surface area contributed by atoms with Crippen LogP contribution >= 0.6 is 0 Å². The van der Waals surface area contributed by atoms with Crippen LogP contribution in [0.4, 0.5) is 17.6 Å². The minimum Gasteiger partial charge on any atom is -0.427 e. The molecule has 0 spiro atoms. The predicted octanol–water partition coefficient (Wildman–Crippen LogP) is 3.60. The summed E-state index contributed by atoms with van der Waals surface area (Å²) in [5.74, 6) is -0.550. The quantitative estimate of drug-likeness (QED) is 0.379. The molecular formula is C24H30F4N4O4S. The summed E-state index contributed by atoms with van der Waals surface area (Å²) in [6, 6.07) is 0.595. The van der Waals surface area contributed by atoms with Crippen molar-refractivity contribution in [3.63, 3.8) is 0 Å². The summed E-state index contributed by atoms with van der Waals surface area (Å²) < 4.78 is 82.1. The van der Waals surface area contributed by atoms with E-state index in [-0.39, 0.29) is 23.5 Å². The normalized spacial score (nSPS) is 24.3. The molecule has 13 heteroatoms. The lowest BCUT2D eigenvalue weighted by molar-refractivity contribution is -0.253. The van der Waals surface area contributed by atoms with E-state index in [1.54, 1.807) is 0 Å². The number of alkyl halides is 4. The number of aromatic nitrogens is 3. The molecule has 1 aliphatic carbocycles. The van der Waals surface area contributed by atoms with Gasteiger partial charge in [-0.2, -0.15) is 22.7 Å². The number of sulfone groups is 1. The van der Waals surface area contributed by atoms with Gasteiger partial charge in [-0.3, -0.25) is 9.67 Å². The van der Waals surface area contributed by atoms with Crippen LogP contribution in [0, 0.1) is 5.92 Å². The number of ether oxygens (including phenoxy) is 1. The average molecular weight is 547 g/mol. The number of hydrogen-bond acceptors (Lipinski definition) is 7. The number of hydrogen-bond donors (Lipinski definition) is 1. The summed E-state index contributed by atoms with van der Waals surface area (Å²) in [6.45, 7) is 5.68. The largest absolute Gasteiger partial charge is 0.461 e. The van der Waals surface area contributed by atoms with Crippen LogP contribution in [0.3, 0.4) is 0 Å². The molecule has 0 amide bonds. The molecular weight excluding hydrogens is 516 g/mol. The van der Waals surface area contributed by atoms with Crippen molar-refractivity contribution in [1.29, 1.82) is 0 Å². The maximum Gasteiger partial charge on any atom is 0.461 e. The lowest BCUT2D eigenvalue weighted by Gasteiger charge is -2.34. The molecule has 1 N–H and O–H groups in total. The Kier molecular flexibility index (Phi) is 7.41. The van der Waals surface area contributed by atoms with E-state index >= 15 is 0 Å². The van der Waals surface area contributed by atoms with Crippen LogP contribution in [0.15, 0.2) is 18.5 Å². The number of aldehydes is 1.